The Morgan fingerprint density at radius 3 is 2.62 bits per heavy atom. The molecule has 0 atom stereocenters. The molecule has 0 saturated carbocycles. The Kier molecular flexibility index (Phi) is 7.66. The summed E-state index contributed by atoms with van der Waals surface area (Å²) in [5, 5.41) is 0. The zero-order valence-electron chi connectivity index (χ0n) is 12.6. The summed E-state index contributed by atoms with van der Waals surface area (Å²) in [6.07, 6.45) is 1.52. The third kappa shape index (κ3) is 6.43. The SMILES string of the molecule is COCCOCCCCNS(=O)(=O)c1ccc(N)c(C)c1. The first-order chi connectivity index (χ1) is 9.97. The van der Waals surface area contributed by atoms with Crippen LogP contribution < -0.4 is 10.5 Å². The summed E-state index contributed by atoms with van der Waals surface area (Å²) in [5.74, 6) is 0. The fourth-order valence-corrected chi connectivity index (χ4v) is 2.84. The zero-order chi connectivity index (χ0) is 15.7. The van der Waals surface area contributed by atoms with E-state index < -0.39 is 10.0 Å². The molecule has 0 unspecified atom stereocenters. The Morgan fingerprint density at radius 2 is 1.95 bits per heavy atom. The van der Waals surface area contributed by atoms with Crippen LogP contribution >= 0.6 is 0 Å². The van der Waals surface area contributed by atoms with Gasteiger partial charge in [-0.2, -0.15) is 0 Å². The molecule has 0 radical (unpaired) electrons. The third-order valence-corrected chi connectivity index (χ3v) is 4.45. The molecular formula is C14H24N2O4S. The number of benzene rings is 1. The number of hydrogen-bond acceptors (Lipinski definition) is 5. The lowest BCUT2D eigenvalue weighted by Gasteiger charge is -2.09. The molecule has 0 bridgehead atoms. The molecule has 0 aromatic heterocycles. The van der Waals surface area contributed by atoms with Crippen molar-refractivity contribution in [1.82, 2.24) is 4.72 Å². The highest BCUT2D eigenvalue weighted by atomic mass is 32.2. The second-order valence-electron chi connectivity index (χ2n) is 4.73. The molecule has 0 aliphatic rings. The molecule has 0 spiro atoms. The number of hydrogen-bond donors (Lipinski definition) is 2. The van der Waals surface area contributed by atoms with Gasteiger partial charge < -0.3 is 15.2 Å². The number of nitrogens with two attached hydrogens (primary N) is 1. The summed E-state index contributed by atoms with van der Waals surface area (Å²) in [4.78, 5) is 0.241. The number of nitrogens with one attached hydrogen (secondary N) is 1. The number of nitrogen functional groups attached to an aromatic ring is 1. The van der Waals surface area contributed by atoms with E-state index in [2.05, 4.69) is 4.72 Å². The van der Waals surface area contributed by atoms with Crippen LogP contribution in [-0.2, 0) is 19.5 Å². The number of methoxy groups -OCH3 is 1. The van der Waals surface area contributed by atoms with Crippen molar-refractivity contribution in [3.8, 4) is 0 Å². The molecule has 0 amide bonds. The summed E-state index contributed by atoms with van der Waals surface area (Å²) in [6.45, 7) is 3.91. The fourth-order valence-electron chi connectivity index (χ4n) is 1.68. The Bertz CT molecular complexity index is 532. The number of ether oxygens (including phenoxy) is 2. The molecule has 120 valence electrons. The van der Waals surface area contributed by atoms with Crippen LogP contribution in [0.5, 0.6) is 0 Å². The van der Waals surface area contributed by atoms with Crippen LogP contribution in [0.25, 0.3) is 0 Å². The molecular weight excluding hydrogens is 292 g/mol. The Labute approximate surface area is 126 Å². The van der Waals surface area contributed by atoms with Gasteiger partial charge in [0.1, 0.15) is 0 Å². The maximum atomic E-state index is 12.1. The average molecular weight is 316 g/mol. The Balaban J connectivity index is 2.31. The van der Waals surface area contributed by atoms with E-state index in [9.17, 15) is 8.42 Å². The van der Waals surface area contributed by atoms with Gasteiger partial charge >= 0.3 is 0 Å². The van der Waals surface area contributed by atoms with Gasteiger partial charge in [-0.1, -0.05) is 0 Å². The highest BCUT2D eigenvalue weighted by molar-refractivity contribution is 7.89. The van der Waals surface area contributed by atoms with Gasteiger partial charge in [-0.3, -0.25) is 0 Å². The minimum atomic E-state index is -3.47. The van der Waals surface area contributed by atoms with E-state index in [1.807, 2.05) is 0 Å². The summed E-state index contributed by atoms with van der Waals surface area (Å²) in [5.41, 5.74) is 7.02. The molecule has 3 N–H and O–H groups in total. The fraction of sp³-hybridized carbons (Fsp3) is 0.571. The third-order valence-electron chi connectivity index (χ3n) is 2.99. The number of sulfonamides is 1. The van der Waals surface area contributed by atoms with E-state index in [1.54, 1.807) is 26.2 Å². The van der Waals surface area contributed by atoms with Gasteiger partial charge in [-0.15, -0.1) is 0 Å². The monoisotopic (exact) mass is 316 g/mol. The molecule has 0 aliphatic carbocycles. The molecule has 0 fully saturated rings. The van der Waals surface area contributed by atoms with Crippen molar-refractivity contribution < 1.29 is 17.9 Å². The van der Waals surface area contributed by atoms with Gasteiger partial charge in [0.25, 0.3) is 0 Å². The van der Waals surface area contributed by atoms with Crippen molar-refractivity contribution in [2.24, 2.45) is 0 Å². The van der Waals surface area contributed by atoms with Crippen LogP contribution in [-0.4, -0.2) is 41.9 Å². The molecule has 0 heterocycles. The quantitative estimate of drug-likeness (QED) is 0.501. The second-order valence-corrected chi connectivity index (χ2v) is 6.50. The maximum Gasteiger partial charge on any atom is 0.240 e. The molecule has 1 aromatic rings. The van der Waals surface area contributed by atoms with Crippen molar-refractivity contribution in [2.45, 2.75) is 24.7 Å². The normalized spacial score (nSPS) is 11.7. The van der Waals surface area contributed by atoms with Gasteiger partial charge in [-0.25, -0.2) is 13.1 Å². The molecule has 21 heavy (non-hydrogen) atoms. The number of unbranched alkanes of at least 4 members (excludes halogenated alkanes) is 1. The number of aryl methyl sites for hydroxylation is 1. The number of rotatable bonds is 10. The van der Waals surface area contributed by atoms with Crippen LogP contribution in [0.1, 0.15) is 18.4 Å². The maximum absolute atomic E-state index is 12.1. The predicted octanol–water partition coefficient (Wildman–Crippen LogP) is 1.30. The van der Waals surface area contributed by atoms with Gasteiger partial charge in [0, 0.05) is 25.9 Å². The summed E-state index contributed by atoms with van der Waals surface area (Å²) >= 11 is 0. The summed E-state index contributed by atoms with van der Waals surface area (Å²) < 4.78 is 36.9. The molecule has 1 rings (SSSR count). The molecule has 0 saturated heterocycles. The second kappa shape index (κ2) is 8.99. The average Bonchev–Trinajstić information content (AvgIpc) is 2.44. The van der Waals surface area contributed by atoms with Crippen molar-refractivity contribution in [3.05, 3.63) is 23.8 Å². The van der Waals surface area contributed by atoms with Crippen LogP contribution in [0, 0.1) is 6.92 Å². The van der Waals surface area contributed by atoms with Crippen LogP contribution in [0.2, 0.25) is 0 Å². The predicted molar refractivity (Wildman–Crippen MR) is 82.7 cm³/mol. The molecule has 0 aliphatic heterocycles. The molecule has 6 nitrogen and oxygen atoms in total. The van der Waals surface area contributed by atoms with E-state index in [4.69, 9.17) is 15.2 Å². The van der Waals surface area contributed by atoms with Crippen molar-refractivity contribution >= 4 is 15.7 Å². The van der Waals surface area contributed by atoms with Crippen LogP contribution in [0.15, 0.2) is 23.1 Å². The smallest absolute Gasteiger partial charge is 0.240 e. The van der Waals surface area contributed by atoms with Crippen LogP contribution in [0.3, 0.4) is 0 Å². The lowest BCUT2D eigenvalue weighted by atomic mass is 10.2. The van der Waals surface area contributed by atoms with E-state index >= 15 is 0 Å². The van der Waals surface area contributed by atoms with Gasteiger partial charge in [0.2, 0.25) is 10.0 Å². The highest BCUT2D eigenvalue weighted by Gasteiger charge is 2.13. The van der Waals surface area contributed by atoms with E-state index in [0.29, 0.717) is 32.1 Å². The van der Waals surface area contributed by atoms with Crippen molar-refractivity contribution in [1.29, 1.82) is 0 Å². The zero-order valence-corrected chi connectivity index (χ0v) is 13.4. The lowest BCUT2D eigenvalue weighted by Crippen LogP contribution is -2.25. The topological polar surface area (TPSA) is 90.6 Å². The summed E-state index contributed by atoms with van der Waals surface area (Å²) in [6, 6.07) is 4.69. The van der Waals surface area contributed by atoms with E-state index in [-0.39, 0.29) is 4.90 Å². The first kappa shape index (κ1) is 17.9. The Hall–Kier alpha value is -1.15. The van der Waals surface area contributed by atoms with E-state index in [1.165, 1.54) is 6.07 Å². The molecule has 1 aromatic carbocycles. The molecule has 7 heteroatoms. The standard InChI is InChI=1S/C14H24N2O4S/c1-12-11-13(5-6-14(12)15)21(17,18)16-7-3-4-8-20-10-9-19-2/h5-6,11,16H,3-4,7-10,15H2,1-2H3. The van der Waals surface area contributed by atoms with Gasteiger partial charge in [-0.05, 0) is 43.5 Å². The number of anilines is 1. The van der Waals surface area contributed by atoms with Crippen molar-refractivity contribution in [3.63, 3.8) is 0 Å². The van der Waals surface area contributed by atoms with E-state index in [0.717, 1.165) is 18.4 Å². The first-order valence-electron chi connectivity index (χ1n) is 6.90. The van der Waals surface area contributed by atoms with Crippen LogP contribution in [0.4, 0.5) is 5.69 Å². The van der Waals surface area contributed by atoms with Crippen molar-refractivity contribution in [2.75, 3.05) is 39.2 Å². The minimum Gasteiger partial charge on any atom is -0.399 e. The largest absolute Gasteiger partial charge is 0.399 e. The summed E-state index contributed by atoms with van der Waals surface area (Å²) in [7, 11) is -1.85. The highest BCUT2D eigenvalue weighted by Crippen LogP contribution is 2.16. The first-order valence-corrected chi connectivity index (χ1v) is 8.38. The lowest BCUT2D eigenvalue weighted by molar-refractivity contribution is 0.0689. The minimum absolute atomic E-state index is 0.241. The van der Waals surface area contributed by atoms with Gasteiger partial charge in [0.15, 0.2) is 0 Å². The van der Waals surface area contributed by atoms with Gasteiger partial charge in [0.05, 0.1) is 18.1 Å². The Morgan fingerprint density at radius 1 is 1.19 bits per heavy atom.